The van der Waals surface area contributed by atoms with Gasteiger partial charge in [-0.3, -0.25) is 37.3 Å². The molecule has 17 nitrogen and oxygen atoms in total. The van der Waals surface area contributed by atoms with E-state index in [0.717, 1.165) is 102 Å². The Morgan fingerprint density at radius 2 is 0.554 bits per heavy atom. The van der Waals surface area contributed by atoms with E-state index in [1.54, 1.807) is 0 Å². The number of hydrogen-bond acceptors (Lipinski definition) is 15. The normalized spacial score (nSPS) is 14.3. The van der Waals surface area contributed by atoms with Crippen molar-refractivity contribution in [3.63, 3.8) is 0 Å². The lowest BCUT2D eigenvalue weighted by atomic mass is 10.0. The van der Waals surface area contributed by atoms with E-state index in [-0.39, 0.29) is 25.7 Å². The number of carbonyl (C=O) groups is 4. The maximum Gasteiger partial charge on any atom is 0.472 e. The Morgan fingerprint density at radius 1 is 0.325 bits per heavy atom. The Kier molecular flexibility index (Phi) is 55.2. The molecular formula is C64H124O17P2. The van der Waals surface area contributed by atoms with Crippen molar-refractivity contribution < 1.29 is 80.2 Å². The third-order valence-electron chi connectivity index (χ3n) is 14.7. The quantitative estimate of drug-likeness (QED) is 0.0222. The van der Waals surface area contributed by atoms with Gasteiger partial charge in [-0.05, 0) is 37.5 Å². The van der Waals surface area contributed by atoms with Crippen molar-refractivity contribution >= 4 is 39.5 Å². The summed E-state index contributed by atoms with van der Waals surface area (Å²) in [5, 5.41) is 10.5. The molecule has 0 saturated carbocycles. The number of esters is 4. The molecule has 0 radical (unpaired) electrons. The van der Waals surface area contributed by atoms with Crippen LogP contribution in [0.4, 0.5) is 0 Å². The van der Waals surface area contributed by atoms with Crippen molar-refractivity contribution in [1.29, 1.82) is 0 Å². The lowest BCUT2D eigenvalue weighted by Crippen LogP contribution is -2.30. The second kappa shape index (κ2) is 56.6. The van der Waals surface area contributed by atoms with E-state index in [2.05, 4.69) is 41.5 Å². The first-order valence-corrected chi connectivity index (χ1v) is 36.5. The molecule has 0 aromatic rings. The molecule has 0 aromatic carbocycles. The van der Waals surface area contributed by atoms with Gasteiger partial charge in [0.15, 0.2) is 12.2 Å². The van der Waals surface area contributed by atoms with E-state index >= 15 is 0 Å². The first-order chi connectivity index (χ1) is 39.9. The molecule has 0 fully saturated rings. The van der Waals surface area contributed by atoms with Crippen LogP contribution in [0.3, 0.4) is 0 Å². The van der Waals surface area contributed by atoms with Gasteiger partial charge in [0.25, 0.3) is 0 Å². The van der Waals surface area contributed by atoms with Gasteiger partial charge in [0.2, 0.25) is 0 Å². The number of aliphatic hydroxyl groups excluding tert-OH is 1. The first kappa shape index (κ1) is 81.1. The van der Waals surface area contributed by atoms with Crippen molar-refractivity contribution in [2.24, 2.45) is 11.8 Å². The molecule has 0 bridgehead atoms. The van der Waals surface area contributed by atoms with Gasteiger partial charge in [0, 0.05) is 25.7 Å². The fourth-order valence-electron chi connectivity index (χ4n) is 9.53. The van der Waals surface area contributed by atoms with Gasteiger partial charge in [-0.15, -0.1) is 0 Å². The summed E-state index contributed by atoms with van der Waals surface area (Å²) in [6, 6.07) is 0. The van der Waals surface area contributed by atoms with E-state index < -0.39 is 97.5 Å². The van der Waals surface area contributed by atoms with Crippen LogP contribution in [0.2, 0.25) is 0 Å². The van der Waals surface area contributed by atoms with Crippen LogP contribution in [0.5, 0.6) is 0 Å². The SMILES string of the molecule is CCCCCCCCCCCCCCCCCCC(=O)O[C@H](COC(=O)CCCCCCCCCCCCC(C)C)COP(=O)(O)OC[C@@H](O)COP(=O)(O)OC[C@@H](COC(=O)CCCCCCC)OC(=O)CCCCCCCCC(C)C. The van der Waals surface area contributed by atoms with Gasteiger partial charge < -0.3 is 33.8 Å². The average molecular weight is 1230 g/mol. The number of unbranched alkanes of at least 4 members (excludes halogenated alkanes) is 33. The highest BCUT2D eigenvalue weighted by molar-refractivity contribution is 7.47. The van der Waals surface area contributed by atoms with Crippen LogP contribution >= 0.6 is 15.6 Å². The number of phosphoric acid groups is 2. The van der Waals surface area contributed by atoms with Crippen LogP contribution in [0.1, 0.15) is 318 Å². The monoisotopic (exact) mass is 1230 g/mol. The van der Waals surface area contributed by atoms with E-state index in [9.17, 15) is 43.2 Å². The number of phosphoric ester groups is 2. The van der Waals surface area contributed by atoms with E-state index in [4.69, 9.17) is 37.0 Å². The summed E-state index contributed by atoms with van der Waals surface area (Å²) in [6.45, 7) is 9.31. The number of carbonyl (C=O) groups excluding carboxylic acids is 4. The van der Waals surface area contributed by atoms with Crippen molar-refractivity contribution in [2.45, 2.75) is 336 Å². The summed E-state index contributed by atoms with van der Waals surface area (Å²) in [7, 11) is -9.88. The Balaban J connectivity index is 5.17. The molecule has 0 aliphatic carbocycles. The van der Waals surface area contributed by atoms with Crippen molar-refractivity contribution in [3.05, 3.63) is 0 Å². The van der Waals surface area contributed by atoms with Crippen LogP contribution in [0.15, 0.2) is 0 Å². The molecule has 0 amide bonds. The summed E-state index contributed by atoms with van der Waals surface area (Å²) < 4.78 is 67.8. The van der Waals surface area contributed by atoms with Crippen molar-refractivity contribution in [1.82, 2.24) is 0 Å². The molecule has 19 heteroatoms. The lowest BCUT2D eigenvalue weighted by Gasteiger charge is -2.21. The maximum atomic E-state index is 13.0. The van der Waals surface area contributed by atoms with Gasteiger partial charge in [-0.25, -0.2) is 9.13 Å². The fourth-order valence-corrected chi connectivity index (χ4v) is 11.1. The van der Waals surface area contributed by atoms with Crippen LogP contribution in [0, 0.1) is 11.8 Å². The Labute approximate surface area is 505 Å². The number of rotatable bonds is 63. The van der Waals surface area contributed by atoms with Crippen LogP contribution in [0.25, 0.3) is 0 Å². The first-order valence-electron chi connectivity index (χ1n) is 33.5. The fraction of sp³-hybridized carbons (Fsp3) is 0.938. The molecule has 0 rings (SSSR count). The predicted molar refractivity (Wildman–Crippen MR) is 331 cm³/mol. The summed E-state index contributed by atoms with van der Waals surface area (Å²) in [5.41, 5.74) is 0. The molecule has 5 atom stereocenters. The number of ether oxygens (including phenoxy) is 4. The summed E-state index contributed by atoms with van der Waals surface area (Å²) >= 11 is 0. The molecule has 83 heavy (non-hydrogen) atoms. The molecule has 3 N–H and O–H groups in total. The highest BCUT2D eigenvalue weighted by Gasteiger charge is 2.30. The Bertz CT molecular complexity index is 1630. The third kappa shape index (κ3) is 58.8. The maximum absolute atomic E-state index is 13.0. The molecule has 0 aliphatic rings. The summed E-state index contributed by atoms with van der Waals surface area (Å²) in [5.74, 6) is -0.719. The van der Waals surface area contributed by atoms with Crippen molar-refractivity contribution in [2.75, 3.05) is 39.6 Å². The van der Waals surface area contributed by atoms with Gasteiger partial charge >= 0.3 is 39.5 Å². The third-order valence-corrected chi connectivity index (χ3v) is 16.6. The van der Waals surface area contributed by atoms with Crippen LogP contribution in [-0.2, 0) is 65.4 Å². The smallest absolute Gasteiger partial charge is 0.462 e. The van der Waals surface area contributed by atoms with Crippen LogP contribution in [-0.4, -0.2) is 96.7 Å². The topological polar surface area (TPSA) is 237 Å². The van der Waals surface area contributed by atoms with E-state index in [1.165, 1.54) is 128 Å². The van der Waals surface area contributed by atoms with Gasteiger partial charge in [0.05, 0.1) is 26.4 Å². The number of aliphatic hydroxyl groups is 1. The molecule has 0 aromatic heterocycles. The molecular weight excluding hydrogens is 1100 g/mol. The zero-order chi connectivity index (χ0) is 61.5. The molecule has 0 aliphatic heterocycles. The van der Waals surface area contributed by atoms with Crippen LogP contribution < -0.4 is 0 Å². The second-order valence-electron chi connectivity index (χ2n) is 24.1. The minimum atomic E-state index is -4.94. The lowest BCUT2D eigenvalue weighted by molar-refractivity contribution is -0.161. The largest absolute Gasteiger partial charge is 0.472 e. The molecule has 492 valence electrons. The van der Waals surface area contributed by atoms with E-state index in [1.807, 2.05) is 0 Å². The summed E-state index contributed by atoms with van der Waals surface area (Å²) in [6.07, 6.45) is 39.5. The predicted octanol–water partition coefficient (Wildman–Crippen LogP) is 17.7. The Hall–Kier alpha value is -1.94. The molecule has 0 saturated heterocycles. The highest BCUT2D eigenvalue weighted by Crippen LogP contribution is 2.45. The zero-order valence-corrected chi connectivity index (χ0v) is 55.3. The summed E-state index contributed by atoms with van der Waals surface area (Å²) in [4.78, 5) is 71.9. The average Bonchev–Trinajstić information content (AvgIpc) is 3.49. The number of hydrogen-bond donors (Lipinski definition) is 3. The van der Waals surface area contributed by atoms with E-state index in [0.29, 0.717) is 31.6 Å². The van der Waals surface area contributed by atoms with Gasteiger partial charge in [-0.2, -0.15) is 0 Å². The highest BCUT2D eigenvalue weighted by atomic mass is 31.2. The minimum absolute atomic E-state index is 0.101. The zero-order valence-electron chi connectivity index (χ0n) is 53.5. The Morgan fingerprint density at radius 3 is 0.819 bits per heavy atom. The molecule has 0 spiro atoms. The standard InChI is InChI=1S/C64H124O17P2/c1-7-9-11-13-14-15-16-17-18-19-20-21-26-29-36-42-48-63(68)80-60(53-75-62(67)47-41-35-28-25-23-22-24-27-33-38-44-56(3)4)55-79-83(72,73)77-51-58(65)50-76-82(70,71)78-54-59(52-74-61(66)46-40-32-12-10-8-2)81-64(69)49-43-37-31-30-34-39-45-57(5)6/h56-60,65H,7-55H2,1-6H3,(H,70,71)(H,72,73)/t58-,59+,60+/m0/s1. The van der Waals surface area contributed by atoms with Gasteiger partial charge in [0.1, 0.15) is 19.3 Å². The molecule has 2 unspecified atom stereocenters. The molecule has 0 heterocycles. The minimum Gasteiger partial charge on any atom is -0.462 e. The van der Waals surface area contributed by atoms with Gasteiger partial charge in [-0.1, -0.05) is 266 Å². The van der Waals surface area contributed by atoms with Crippen molar-refractivity contribution in [3.8, 4) is 0 Å². The second-order valence-corrected chi connectivity index (χ2v) is 27.0.